The lowest BCUT2D eigenvalue weighted by molar-refractivity contribution is 0.120. The number of rotatable bonds is 5. The van der Waals surface area contributed by atoms with E-state index in [1.54, 1.807) is 0 Å². The maximum absolute atomic E-state index is 4.46. The van der Waals surface area contributed by atoms with Gasteiger partial charge in [0.1, 0.15) is 0 Å². The molecule has 0 aromatic carbocycles. The number of nitrogens with one attached hydrogen (secondary N) is 2. The molecule has 1 aromatic rings. The van der Waals surface area contributed by atoms with Gasteiger partial charge in [-0.2, -0.15) is 5.10 Å². The highest BCUT2D eigenvalue weighted by molar-refractivity contribution is 14.0. The number of likely N-dealkylation sites (N-methyl/N-ethyl adjacent to an activating group) is 1. The van der Waals surface area contributed by atoms with E-state index in [1.807, 2.05) is 18.8 Å². The Hall–Kier alpha value is -0.870. The van der Waals surface area contributed by atoms with Crippen LogP contribution in [0.4, 0.5) is 0 Å². The van der Waals surface area contributed by atoms with Crippen molar-refractivity contribution < 1.29 is 0 Å². The third-order valence-electron chi connectivity index (χ3n) is 5.04. The molecule has 1 fully saturated rings. The van der Waals surface area contributed by atoms with Gasteiger partial charge in [-0.25, -0.2) is 0 Å². The van der Waals surface area contributed by atoms with E-state index in [-0.39, 0.29) is 24.0 Å². The number of halogens is 1. The molecule has 1 saturated heterocycles. The number of aliphatic imine (C=N–C) groups is 1. The standard InChI is InChI=1S/C17H33N7.HI/c1-13(24-9-7-22(5)8-10-24)11-19-17(18-4)20-12-16-14(2)21-23(6)15(16)3;/h13H,7-12H2,1-6H3,(H2,18,19,20);1H. The third-order valence-corrected chi connectivity index (χ3v) is 5.04. The van der Waals surface area contributed by atoms with Crippen molar-refractivity contribution in [3.8, 4) is 0 Å². The first-order valence-corrected chi connectivity index (χ1v) is 8.78. The normalized spacial score (nSPS) is 17.9. The van der Waals surface area contributed by atoms with Gasteiger partial charge in [0.15, 0.2) is 5.96 Å². The molecule has 0 saturated carbocycles. The van der Waals surface area contributed by atoms with Crippen molar-refractivity contribution in [2.24, 2.45) is 12.0 Å². The first kappa shape index (κ1) is 22.2. The van der Waals surface area contributed by atoms with Crippen LogP contribution in [0.1, 0.15) is 23.9 Å². The van der Waals surface area contributed by atoms with Gasteiger partial charge in [0, 0.05) is 70.7 Å². The Labute approximate surface area is 169 Å². The first-order chi connectivity index (χ1) is 11.4. The van der Waals surface area contributed by atoms with Gasteiger partial charge in [-0.15, -0.1) is 24.0 Å². The molecule has 144 valence electrons. The Kier molecular flexibility index (Phi) is 9.15. The average molecular weight is 463 g/mol. The summed E-state index contributed by atoms with van der Waals surface area (Å²) in [5, 5.41) is 11.3. The number of hydrogen-bond donors (Lipinski definition) is 2. The molecule has 8 heteroatoms. The zero-order chi connectivity index (χ0) is 17.7. The molecule has 25 heavy (non-hydrogen) atoms. The summed E-state index contributed by atoms with van der Waals surface area (Å²) in [5.41, 5.74) is 3.51. The lowest BCUT2D eigenvalue weighted by Gasteiger charge is -2.36. The lowest BCUT2D eigenvalue weighted by Crippen LogP contribution is -2.52. The summed E-state index contributed by atoms with van der Waals surface area (Å²) in [6, 6.07) is 0.499. The molecule has 1 unspecified atom stereocenters. The van der Waals surface area contributed by atoms with Gasteiger partial charge in [-0.1, -0.05) is 0 Å². The topological polar surface area (TPSA) is 60.7 Å². The number of guanidine groups is 1. The quantitative estimate of drug-likeness (QED) is 0.387. The zero-order valence-electron chi connectivity index (χ0n) is 16.5. The molecule has 0 radical (unpaired) electrons. The molecule has 0 aliphatic carbocycles. The van der Waals surface area contributed by atoms with Gasteiger partial charge < -0.3 is 15.5 Å². The van der Waals surface area contributed by atoms with Crippen LogP contribution < -0.4 is 10.6 Å². The van der Waals surface area contributed by atoms with Crippen molar-refractivity contribution in [2.75, 3.05) is 46.8 Å². The summed E-state index contributed by atoms with van der Waals surface area (Å²) in [5.74, 6) is 0.846. The van der Waals surface area contributed by atoms with Crippen molar-refractivity contribution in [2.45, 2.75) is 33.4 Å². The molecule has 2 heterocycles. The third kappa shape index (κ3) is 6.10. The van der Waals surface area contributed by atoms with Crippen molar-refractivity contribution in [1.82, 2.24) is 30.2 Å². The second kappa shape index (κ2) is 10.3. The van der Waals surface area contributed by atoms with E-state index in [9.17, 15) is 0 Å². The smallest absolute Gasteiger partial charge is 0.191 e. The molecular formula is C17H34IN7. The largest absolute Gasteiger partial charge is 0.355 e. The molecule has 0 bridgehead atoms. The predicted octanol–water partition coefficient (Wildman–Crippen LogP) is 0.956. The maximum atomic E-state index is 4.46. The zero-order valence-corrected chi connectivity index (χ0v) is 18.8. The first-order valence-electron chi connectivity index (χ1n) is 8.78. The Morgan fingerprint density at radius 1 is 1.16 bits per heavy atom. The highest BCUT2D eigenvalue weighted by Crippen LogP contribution is 2.11. The van der Waals surface area contributed by atoms with Gasteiger partial charge in [0.2, 0.25) is 0 Å². The van der Waals surface area contributed by atoms with E-state index in [4.69, 9.17) is 0 Å². The van der Waals surface area contributed by atoms with E-state index in [0.717, 1.165) is 50.9 Å². The summed E-state index contributed by atoms with van der Waals surface area (Å²) >= 11 is 0. The van der Waals surface area contributed by atoms with Crippen LogP contribution in [0.2, 0.25) is 0 Å². The molecular weight excluding hydrogens is 429 g/mol. The Morgan fingerprint density at radius 3 is 2.32 bits per heavy atom. The summed E-state index contributed by atoms with van der Waals surface area (Å²) in [7, 11) is 5.99. The summed E-state index contributed by atoms with van der Waals surface area (Å²) in [4.78, 5) is 9.26. The monoisotopic (exact) mass is 463 g/mol. The molecule has 1 aliphatic heterocycles. The van der Waals surface area contributed by atoms with E-state index in [1.165, 1.54) is 11.3 Å². The van der Waals surface area contributed by atoms with Gasteiger partial charge in [0.05, 0.1) is 5.69 Å². The highest BCUT2D eigenvalue weighted by atomic mass is 127. The minimum Gasteiger partial charge on any atom is -0.355 e. The Balaban J connectivity index is 0.00000312. The number of aromatic nitrogens is 2. The predicted molar refractivity (Wildman–Crippen MR) is 115 cm³/mol. The van der Waals surface area contributed by atoms with E-state index < -0.39 is 0 Å². The summed E-state index contributed by atoms with van der Waals surface area (Å²) in [6.45, 7) is 12.6. The van der Waals surface area contributed by atoms with Crippen LogP contribution in [0.25, 0.3) is 0 Å². The van der Waals surface area contributed by atoms with Crippen LogP contribution in [-0.2, 0) is 13.6 Å². The fourth-order valence-corrected chi connectivity index (χ4v) is 3.10. The van der Waals surface area contributed by atoms with Crippen molar-refractivity contribution in [3.63, 3.8) is 0 Å². The molecule has 0 amide bonds. The van der Waals surface area contributed by atoms with Gasteiger partial charge in [-0.3, -0.25) is 14.6 Å². The SMILES string of the molecule is CN=C(NCc1c(C)nn(C)c1C)NCC(C)N1CCN(C)CC1.I. The summed E-state index contributed by atoms with van der Waals surface area (Å²) in [6.07, 6.45) is 0. The Bertz CT molecular complexity index is 562. The van der Waals surface area contributed by atoms with Crippen molar-refractivity contribution >= 4 is 29.9 Å². The summed E-state index contributed by atoms with van der Waals surface area (Å²) < 4.78 is 1.93. The van der Waals surface area contributed by atoms with E-state index in [2.05, 4.69) is 58.3 Å². The molecule has 1 atom stereocenters. The number of aryl methyl sites for hydroxylation is 2. The minimum atomic E-state index is 0. The maximum Gasteiger partial charge on any atom is 0.191 e. The van der Waals surface area contributed by atoms with Gasteiger partial charge >= 0.3 is 0 Å². The number of nitrogens with zero attached hydrogens (tertiary/aromatic N) is 5. The van der Waals surface area contributed by atoms with E-state index in [0.29, 0.717) is 6.04 Å². The minimum absolute atomic E-state index is 0. The lowest BCUT2D eigenvalue weighted by atomic mass is 10.2. The average Bonchev–Trinajstić information content (AvgIpc) is 2.81. The number of hydrogen-bond acceptors (Lipinski definition) is 4. The van der Waals surface area contributed by atoms with Crippen LogP contribution in [0, 0.1) is 13.8 Å². The molecule has 0 spiro atoms. The van der Waals surface area contributed by atoms with Gasteiger partial charge in [-0.05, 0) is 27.8 Å². The van der Waals surface area contributed by atoms with Crippen molar-refractivity contribution in [3.05, 3.63) is 17.0 Å². The van der Waals surface area contributed by atoms with Crippen molar-refractivity contribution in [1.29, 1.82) is 0 Å². The van der Waals surface area contributed by atoms with E-state index >= 15 is 0 Å². The van der Waals surface area contributed by atoms with Crippen LogP contribution in [-0.4, -0.2) is 78.4 Å². The second-order valence-corrected chi connectivity index (χ2v) is 6.77. The molecule has 1 aliphatic rings. The molecule has 2 rings (SSSR count). The molecule has 1 aromatic heterocycles. The van der Waals surface area contributed by atoms with Crippen LogP contribution in [0.3, 0.4) is 0 Å². The highest BCUT2D eigenvalue weighted by Gasteiger charge is 2.19. The Morgan fingerprint density at radius 2 is 1.80 bits per heavy atom. The molecule has 7 nitrogen and oxygen atoms in total. The fraction of sp³-hybridized carbons (Fsp3) is 0.765. The fourth-order valence-electron chi connectivity index (χ4n) is 3.10. The van der Waals surface area contributed by atoms with Gasteiger partial charge in [0.25, 0.3) is 0 Å². The van der Waals surface area contributed by atoms with Crippen LogP contribution >= 0.6 is 24.0 Å². The number of piperazine rings is 1. The van der Waals surface area contributed by atoms with Crippen LogP contribution in [0.15, 0.2) is 4.99 Å². The second-order valence-electron chi connectivity index (χ2n) is 6.77. The van der Waals surface area contributed by atoms with Crippen LogP contribution in [0.5, 0.6) is 0 Å². The molecule has 2 N–H and O–H groups in total.